The minimum atomic E-state index is -0.423. The van der Waals surface area contributed by atoms with Crippen molar-refractivity contribution in [2.45, 2.75) is 24.5 Å². The van der Waals surface area contributed by atoms with Gasteiger partial charge in [-0.3, -0.25) is 10.2 Å². The molecule has 5 N–H and O–H groups in total. The quantitative estimate of drug-likeness (QED) is 0.264. The summed E-state index contributed by atoms with van der Waals surface area (Å²) >= 11 is 1.66. The number of hydrogen-bond donors (Lipinski definition) is 3. The summed E-state index contributed by atoms with van der Waals surface area (Å²) in [6, 6.07) is 7.64. The molecule has 0 bridgehead atoms. The molecular formula is C14H17N3O2S. The second kappa shape index (κ2) is 6.02. The van der Waals surface area contributed by atoms with Crippen LogP contribution in [0.15, 0.2) is 33.6 Å². The Hall–Kier alpha value is -1.92. The maximum Gasteiger partial charge on any atom is 0.300 e. The van der Waals surface area contributed by atoms with E-state index in [4.69, 9.17) is 16.0 Å². The topological polar surface area (TPSA) is 94.3 Å². The van der Waals surface area contributed by atoms with Crippen molar-refractivity contribution in [3.05, 3.63) is 46.9 Å². The highest BCUT2D eigenvalue weighted by molar-refractivity contribution is 7.98. The molecule has 1 amide bonds. The maximum absolute atomic E-state index is 11.4. The van der Waals surface area contributed by atoms with Gasteiger partial charge in [-0.2, -0.15) is 0 Å². The van der Waals surface area contributed by atoms with Crippen molar-refractivity contribution in [2.75, 3.05) is 5.73 Å². The number of rotatable bonds is 4. The van der Waals surface area contributed by atoms with Crippen molar-refractivity contribution in [2.24, 2.45) is 5.84 Å². The van der Waals surface area contributed by atoms with Crippen molar-refractivity contribution >= 4 is 23.4 Å². The lowest BCUT2D eigenvalue weighted by Crippen LogP contribution is -2.29. The van der Waals surface area contributed by atoms with Crippen LogP contribution in [0, 0.1) is 13.8 Å². The predicted molar refractivity (Wildman–Crippen MR) is 80.3 cm³/mol. The van der Waals surface area contributed by atoms with E-state index in [1.54, 1.807) is 17.8 Å². The molecule has 0 unspecified atom stereocenters. The predicted octanol–water partition coefficient (Wildman–Crippen LogP) is 2.37. The van der Waals surface area contributed by atoms with Gasteiger partial charge in [0, 0.05) is 21.9 Å². The van der Waals surface area contributed by atoms with Gasteiger partial charge in [0.15, 0.2) is 5.76 Å². The molecule has 0 spiro atoms. The maximum atomic E-state index is 11.4. The average molecular weight is 291 g/mol. The molecule has 0 aliphatic rings. The van der Waals surface area contributed by atoms with Crippen LogP contribution in [0.3, 0.4) is 0 Å². The number of aryl methyl sites for hydroxylation is 2. The molecule has 1 aromatic heterocycles. The number of benzene rings is 1. The first-order chi connectivity index (χ1) is 9.51. The summed E-state index contributed by atoms with van der Waals surface area (Å²) in [5, 5.41) is 0. The Kier molecular flexibility index (Phi) is 4.36. The van der Waals surface area contributed by atoms with Crippen LogP contribution in [0.1, 0.15) is 27.4 Å². The molecule has 20 heavy (non-hydrogen) atoms. The summed E-state index contributed by atoms with van der Waals surface area (Å²) in [4.78, 5) is 12.5. The molecule has 1 heterocycles. The number of furan rings is 1. The Morgan fingerprint density at radius 1 is 1.35 bits per heavy atom. The molecule has 0 saturated heterocycles. The number of anilines is 1. The SMILES string of the molecule is Cc1cc(SCc2cc(C(=O)NN)oc2C)ccc1N. The summed E-state index contributed by atoms with van der Waals surface area (Å²) in [7, 11) is 0. The molecule has 0 radical (unpaired) electrons. The minimum Gasteiger partial charge on any atom is -0.456 e. The molecule has 0 saturated carbocycles. The molecule has 0 aliphatic heterocycles. The summed E-state index contributed by atoms with van der Waals surface area (Å²) in [5.41, 5.74) is 10.7. The van der Waals surface area contributed by atoms with Gasteiger partial charge in [0.1, 0.15) is 5.76 Å². The zero-order valence-corrected chi connectivity index (χ0v) is 12.2. The van der Waals surface area contributed by atoms with Crippen LogP contribution in [-0.2, 0) is 5.75 Å². The summed E-state index contributed by atoms with van der Waals surface area (Å²) in [5.74, 6) is 6.33. The van der Waals surface area contributed by atoms with Gasteiger partial charge in [0.2, 0.25) is 0 Å². The van der Waals surface area contributed by atoms with Gasteiger partial charge in [0.05, 0.1) is 0 Å². The molecule has 0 atom stereocenters. The Labute approximate surface area is 121 Å². The van der Waals surface area contributed by atoms with Crippen molar-refractivity contribution in [3.8, 4) is 0 Å². The van der Waals surface area contributed by atoms with Crippen molar-refractivity contribution < 1.29 is 9.21 Å². The second-order valence-corrected chi connectivity index (χ2v) is 5.52. The lowest BCUT2D eigenvalue weighted by molar-refractivity contribution is 0.0924. The van der Waals surface area contributed by atoms with Crippen LogP contribution in [0.25, 0.3) is 0 Å². The number of amides is 1. The van der Waals surface area contributed by atoms with E-state index in [1.165, 1.54) is 0 Å². The van der Waals surface area contributed by atoms with Crippen LogP contribution in [0.5, 0.6) is 0 Å². The van der Waals surface area contributed by atoms with Crippen molar-refractivity contribution in [1.82, 2.24) is 5.43 Å². The number of carbonyl (C=O) groups is 1. The Morgan fingerprint density at radius 2 is 2.10 bits per heavy atom. The Balaban J connectivity index is 2.08. The number of hydrogen-bond acceptors (Lipinski definition) is 5. The monoisotopic (exact) mass is 291 g/mol. The van der Waals surface area contributed by atoms with E-state index in [0.29, 0.717) is 0 Å². The largest absolute Gasteiger partial charge is 0.456 e. The number of thioether (sulfide) groups is 1. The van der Waals surface area contributed by atoms with Crippen molar-refractivity contribution in [1.29, 1.82) is 0 Å². The number of hydrazine groups is 1. The third-order valence-corrected chi connectivity index (χ3v) is 4.05. The molecule has 0 fully saturated rings. The van der Waals surface area contributed by atoms with Gasteiger partial charge in [-0.05, 0) is 43.7 Å². The van der Waals surface area contributed by atoms with E-state index in [1.807, 2.05) is 32.0 Å². The standard InChI is InChI=1S/C14H17N3O2S/c1-8-5-11(3-4-12(8)15)20-7-10-6-13(14(18)17-16)19-9(10)2/h3-6H,7,15-16H2,1-2H3,(H,17,18). The van der Waals surface area contributed by atoms with E-state index >= 15 is 0 Å². The van der Waals surface area contributed by atoms with E-state index in [0.717, 1.165) is 33.2 Å². The third-order valence-electron chi connectivity index (χ3n) is 3.01. The fourth-order valence-electron chi connectivity index (χ4n) is 1.75. The molecule has 1 aromatic carbocycles. The van der Waals surface area contributed by atoms with Gasteiger partial charge >= 0.3 is 5.91 Å². The Bertz CT molecular complexity index is 637. The smallest absolute Gasteiger partial charge is 0.300 e. The zero-order chi connectivity index (χ0) is 14.7. The van der Waals surface area contributed by atoms with Crippen LogP contribution < -0.4 is 17.0 Å². The Morgan fingerprint density at radius 3 is 2.75 bits per heavy atom. The highest BCUT2D eigenvalue weighted by Crippen LogP contribution is 2.28. The van der Waals surface area contributed by atoms with Crippen LogP contribution in [0.4, 0.5) is 5.69 Å². The molecule has 0 aliphatic carbocycles. The molecule has 106 valence electrons. The molecular weight excluding hydrogens is 274 g/mol. The third kappa shape index (κ3) is 3.15. The van der Waals surface area contributed by atoms with Gasteiger partial charge in [-0.15, -0.1) is 11.8 Å². The first-order valence-electron chi connectivity index (χ1n) is 6.10. The number of carbonyl (C=O) groups excluding carboxylic acids is 1. The fourth-order valence-corrected chi connectivity index (χ4v) is 2.78. The van der Waals surface area contributed by atoms with E-state index < -0.39 is 5.91 Å². The van der Waals surface area contributed by atoms with Gasteiger partial charge < -0.3 is 10.2 Å². The van der Waals surface area contributed by atoms with Gasteiger partial charge in [-0.1, -0.05) is 0 Å². The molecule has 2 rings (SSSR count). The molecule has 2 aromatic rings. The van der Waals surface area contributed by atoms with Crippen LogP contribution >= 0.6 is 11.8 Å². The van der Waals surface area contributed by atoms with Crippen LogP contribution in [-0.4, -0.2) is 5.91 Å². The van der Waals surface area contributed by atoms with Crippen molar-refractivity contribution in [3.63, 3.8) is 0 Å². The van der Waals surface area contributed by atoms with E-state index in [-0.39, 0.29) is 5.76 Å². The van der Waals surface area contributed by atoms with E-state index in [9.17, 15) is 4.79 Å². The van der Waals surface area contributed by atoms with Gasteiger partial charge in [0.25, 0.3) is 0 Å². The molecule has 5 nitrogen and oxygen atoms in total. The summed E-state index contributed by atoms with van der Waals surface area (Å²) in [6.07, 6.45) is 0. The highest BCUT2D eigenvalue weighted by atomic mass is 32.2. The van der Waals surface area contributed by atoms with Crippen LogP contribution in [0.2, 0.25) is 0 Å². The number of nitrogens with two attached hydrogens (primary N) is 2. The average Bonchev–Trinajstić information content (AvgIpc) is 2.80. The summed E-state index contributed by atoms with van der Waals surface area (Å²) < 4.78 is 5.37. The number of nitrogen functional groups attached to an aromatic ring is 2. The minimum absolute atomic E-state index is 0.231. The lowest BCUT2D eigenvalue weighted by Gasteiger charge is -2.04. The lowest BCUT2D eigenvalue weighted by atomic mass is 10.2. The van der Waals surface area contributed by atoms with Gasteiger partial charge in [-0.25, -0.2) is 5.84 Å². The first-order valence-corrected chi connectivity index (χ1v) is 7.09. The highest BCUT2D eigenvalue weighted by Gasteiger charge is 2.13. The summed E-state index contributed by atoms with van der Waals surface area (Å²) in [6.45, 7) is 3.81. The fraction of sp³-hybridized carbons (Fsp3) is 0.214. The first kappa shape index (κ1) is 14.5. The molecule has 6 heteroatoms. The zero-order valence-electron chi connectivity index (χ0n) is 11.4. The number of nitrogens with one attached hydrogen (secondary N) is 1. The van der Waals surface area contributed by atoms with E-state index in [2.05, 4.69) is 5.43 Å². The second-order valence-electron chi connectivity index (χ2n) is 4.47. The normalized spacial score (nSPS) is 10.6.